The summed E-state index contributed by atoms with van der Waals surface area (Å²) in [6.45, 7) is 3.97. The van der Waals surface area contributed by atoms with Crippen molar-refractivity contribution in [1.82, 2.24) is 14.8 Å². The Morgan fingerprint density at radius 1 is 1.58 bits per heavy atom. The maximum absolute atomic E-state index is 12.4. The second kappa shape index (κ2) is 5.98. The average Bonchev–Trinajstić information content (AvgIpc) is 2.87. The first-order chi connectivity index (χ1) is 8.99. The third kappa shape index (κ3) is 3.32. The maximum atomic E-state index is 12.4. The van der Waals surface area contributed by atoms with Crippen molar-refractivity contribution in [3.05, 3.63) is 16.1 Å². The Balaban J connectivity index is 2.01. The molecule has 1 fully saturated rings. The molecule has 0 aromatic carbocycles. The maximum Gasteiger partial charge on any atom is 0.273 e. The van der Waals surface area contributed by atoms with Crippen molar-refractivity contribution >= 4 is 17.2 Å². The monoisotopic (exact) mass is 282 g/mol. The van der Waals surface area contributed by atoms with E-state index in [-0.39, 0.29) is 11.9 Å². The normalized spacial score (nSPS) is 19.4. The van der Waals surface area contributed by atoms with E-state index >= 15 is 0 Å². The summed E-state index contributed by atoms with van der Waals surface area (Å²) in [6, 6.07) is 0.212. The molecular weight excluding hydrogens is 260 g/mol. The molecule has 106 valence electrons. The molecule has 19 heavy (non-hydrogen) atoms. The van der Waals surface area contributed by atoms with E-state index in [1.165, 1.54) is 11.3 Å². The summed E-state index contributed by atoms with van der Waals surface area (Å²) in [5.41, 5.74) is 6.31. The molecule has 5 nitrogen and oxygen atoms in total. The number of amides is 1. The lowest BCUT2D eigenvalue weighted by Gasteiger charge is -2.34. The van der Waals surface area contributed by atoms with Crippen molar-refractivity contribution in [2.24, 2.45) is 5.73 Å². The predicted octanol–water partition coefficient (Wildman–Crippen LogP) is 1.33. The van der Waals surface area contributed by atoms with Crippen molar-refractivity contribution in [2.75, 3.05) is 27.2 Å². The van der Waals surface area contributed by atoms with Crippen molar-refractivity contribution in [1.29, 1.82) is 0 Å². The molecule has 6 heteroatoms. The Morgan fingerprint density at radius 2 is 2.21 bits per heavy atom. The predicted molar refractivity (Wildman–Crippen MR) is 77.3 cm³/mol. The fourth-order valence-corrected chi connectivity index (χ4v) is 3.08. The molecule has 2 rings (SSSR count). The van der Waals surface area contributed by atoms with E-state index in [1.807, 2.05) is 24.3 Å². The van der Waals surface area contributed by atoms with Gasteiger partial charge in [0.25, 0.3) is 5.91 Å². The zero-order chi connectivity index (χ0) is 14.0. The molecule has 1 aliphatic rings. The summed E-state index contributed by atoms with van der Waals surface area (Å²) in [4.78, 5) is 20.8. The van der Waals surface area contributed by atoms with E-state index in [0.29, 0.717) is 11.7 Å². The lowest BCUT2D eigenvalue weighted by molar-refractivity contribution is 0.0654. The smallest absolute Gasteiger partial charge is 0.273 e. The number of hydrogen-bond donors (Lipinski definition) is 1. The zero-order valence-corrected chi connectivity index (χ0v) is 12.6. The van der Waals surface area contributed by atoms with E-state index in [0.717, 1.165) is 30.9 Å². The van der Waals surface area contributed by atoms with E-state index in [1.54, 1.807) is 0 Å². The van der Waals surface area contributed by atoms with Crippen LogP contribution in [0.4, 0.5) is 0 Å². The third-order valence-electron chi connectivity index (χ3n) is 3.69. The molecule has 2 heterocycles. The van der Waals surface area contributed by atoms with Gasteiger partial charge in [0, 0.05) is 18.5 Å². The number of aromatic nitrogens is 1. The number of piperidine rings is 1. The lowest BCUT2D eigenvalue weighted by atomic mass is 10.0. The average molecular weight is 282 g/mol. The molecule has 0 bridgehead atoms. The van der Waals surface area contributed by atoms with Gasteiger partial charge in [0.2, 0.25) is 0 Å². The molecule has 0 saturated carbocycles. The number of carbonyl (C=O) groups is 1. The summed E-state index contributed by atoms with van der Waals surface area (Å²) >= 11 is 1.46. The van der Waals surface area contributed by atoms with Gasteiger partial charge in [0.1, 0.15) is 10.7 Å². The van der Waals surface area contributed by atoms with Gasteiger partial charge in [-0.2, -0.15) is 0 Å². The van der Waals surface area contributed by atoms with E-state index in [4.69, 9.17) is 5.73 Å². The largest absolute Gasteiger partial charge is 0.337 e. The van der Waals surface area contributed by atoms with E-state index < -0.39 is 0 Å². The van der Waals surface area contributed by atoms with Crippen LogP contribution in [0.3, 0.4) is 0 Å². The van der Waals surface area contributed by atoms with Gasteiger partial charge >= 0.3 is 0 Å². The molecule has 1 amide bonds. The van der Waals surface area contributed by atoms with Crippen LogP contribution in [0.1, 0.15) is 41.3 Å². The highest BCUT2D eigenvalue weighted by atomic mass is 32.1. The van der Waals surface area contributed by atoms with Gasteiger partial charge in [-0.3, -0.25) is 4.79 Å². The second-order valence-electron chi connectivity index (χ2n) is 5.31. The molecule has 1 atom stereocenters. The molecular formula is C13H22N4OS. The van der Waals surface area contributed by atoms with Crippen molar-refractivity contribution < 1.29 is 4.79 Å². The van der Waals surface area contributed by atoms with Crippen molar-refractivity contribution in [3.8, 4) is 0 Å². The molecule has 1 aromatic heterocycles. The number of carbonyl (C=O) groups excluding carboxylic acids is 1. The highest BCUT2D eigenvalue weighted by Crippen LogP contribution is 2.20. The Labute approximate surface area is 118 Å². The van der Waals surface area contributed by atoms with Gasteiger partial charge in [-0.1, -0.05) is 0 Å². The number of hydrogen-bond acceptors (Lipinski definition) is 5. The highest BCUT2D eigenvalue weighted by molar-refractivity contribution is 7.09. The number of nitrogens with zero attached hydrogens (tertiary/aromatic N) is 3. The van der Waals surface area contributed by atoms with E-state index in [2.05, 4.69) is 16.9 Å². The van der Waals surface area contributed by atoms with Crippen molar-refractivity contribution in [2.45, 2.75) is 31.8 Å². The van der Waals surface area contributed by atoms with Gasteiger partial charge in [0.05, 0.1) is 6.04 Å². The van der Waals surface area contributed by atoms with Crippen LogP contribution in [0.15, 0.2) is 5.38 Å². The summed E-state index contributed by atoms with van der Waals surface area (Å²) in [6.07, 6.45) is 2.06. The Morgan fingerprint density at radius 3 is 2.74 bits per heavy atom. The molecule has 1 aliphatic heterocycles. The molecule has 0 aliphatic carbocycles. The number of nitrogens with two attached hydrogens (primary N) is 1. The summed E-state index contributed by atoms with van der Waals surface area (Å²) in [7, 11) is 4.00. The first-order valence-corrected chi connectivity index (χ1v) is 7.53. The lowest BCUT2D eigenvalue weighted by Crippen LogP contribution is -2.44. The van der Waals surface area contributed by atoms with Crippen molar-refractivity contribution in [3.63, 3.8) is 0 Å². The van der Waals surface area contributed by atoms with Gasteiger partial charge in [0.15, 0.2) is 0 Å². The second-order valence-corrected chi connectivity index (χ2v) is 6.20. The molecule has 0 spiro atoms. The first-order valence-electron chi connectivity index (χ1n) is 6.65. The molecule has 0 radical (unpaired) electrons. The summed E-state index contributed by atoms with van der Waals surface area (Å²) in [5, 5.41) is 2.63. The van der Waals surface area contributed by atoms with Crippen LogP contribution in [0.5, 0.6) is 0 Å². The third-order valence-corrected chi connectivity index (χ3v) is 4.73. The van der Waals surface area contributed by atoms with Gasteiger partial charge in [-0.05, 0) is 39.9 Å². The molecule has 1 aromatic rings. The topological polar surface area (TPSA) is 62.5 Å². The van der Waals surface area contributed by atoms with E-state index in [9.17, 15) is 4.79 Å². The van der Waals surface area contributed by atoms with Crippen LogP contribution >= 0.6 is 11.3 Å². The number of likely N-dealkylation sites (tertiary alicyclic amines) is 1. The minimum absolute atomic E-state index is 0.0118. The summed E-state index contributed by atoms with van der Waals surface area (Å²) < 4.78 is 0. The Bertz CT molecular complexity index is 438. The minimum atomic E-state index is -0.111. The van der Waals surface area contributed by atoms with Gasteiger partial charge in [-0.25, -0.2) is 4.98 Å². The van der Waals surface area contributed by atoms with Crippen LogP contribution in [-0.2, 0) is 0 Å². The standard InChI is InChI=1S/C13H22N4OS/c1-9(14)12-15-11(8-19-12)13(18)17(3)10-4-6-16(2)7-5-10/h8-10H,4-7,14H2,1-3H3. The molecule has 1 unspecified atom stereocenters. The molecule has 1 saturated heterocycles. The number of thiazole rings is 1. The Hall–Kier alpha value is -0.980. The van der Waals surface area contributed by atoms with Gasteiger partial charge < -0.3 is 15.5 Å². The van der Waals surface area contributed by atoms with Crippen LogP contribution in [0.25, 0.3) is 0 Å². The number of rotatable bonds is 3. The van der Waals surface area contributed by atoms with Crippen LogP contribution in [0, 0.1) is 0 Å². The van der Waals surface area contributed by atoms with Crippen LogP contribution < -0.4 is 5.73 Å². The zero-order valence-electron chi connectivity index (χ0n) is 11.8. The summed E-state index contributed by atoms with van der Waals surface area (Å²) in [5.74, 6) is 0.0118. The van der Waals surface area contributed by atoms with Gasteiger partial charge in [-0.15, -0.1) is 11.3 Å². The first kappa shape index (κ1) is 14.4. The van der Waals surface area contributed by atoms with Crippen LogP contribution in [-0.4, -0.2) is 53.9 Å². The quantitative estimate of drug-likeness (QED) is 0.908. The molecule has 2 N–H and O–H groups in total. The highest BCUT2D eigenvalue weighted by Gasteiger charge is 2.26. The fraction of sp³-hybridized carbons (Fsp3) is 0.692. The Kier molecular flexibility index (Phi) is 4.54. The fourth-order valence-electron chi connectivity index (χ4n) is 2.32. The SMILES string of the molecule is CC(N)c1nc(C(=O)N(C)C2CCN(C)CC2)cs1. The van der Waals surface area contributed by atoms with Crippen LogP contribution in [0.2, 0.25) is 0 Å². The minimum Gasteiger partial charge on any atom is -0.337 e.